The molecular formula is C16H25NO2. The van der Waals surface area contributed by atoms with Gasteiger partial charge in [-0.1, -0.05) is 37.6 Å². The largest absolute Gasteiger partial charge is 0.481 e. The number of likely N-dealkylation sites (N-methyl/N-ethyl adjacent to an activating group) is 1. The third-order valence-electron chi connectivity index (χ3n) is 3.69. The number of aryl methyl sites for hydroxylation is 2. The molecule has 0 fully saturated rings. The summed E-state index contributed by atoms with van der Waals surface area (Å²) in [5.41, 5.74) is 3.75. The summed E-state index contributed by atoms with van der Waals surface area (Å²) in [5.74, 6) is -0.721. The molecule has 0 amide bonds. The Balaban J connectivity index is 2.89. The summed E-state index contributed by atoms with van der Waals surface area (Å²) < 4.78 is 0. The second-order valence-corrected chi connectivity index (χ2v) is 5.11. The first-order valence-corrected chi connectivity index (χ1v) is 6.99. The predicted molar refractivity (Wildman–Crippen MR) is 78.6 cm³/mol. The number of carboxylic acid groups (broad SMARTS) is 1. The Labute approximate surface area is 116 Å². The zero-order valence-corrected chi connectivity index (χ0v) is 12.4. The standard InChI is InChI=1S/C16H25NO2/c1-5-17(6-2)15(11-16(18)19)10-14-8-7-12(3)9-13(14)4/h7-9,15H,5-6,10-11H2,1-4H3,(H,18,19). The lowest BCUT2D eigenvalue weighted by Crippen LogP contribution is -2.38. The van der Waals surface area contributed by atoms with E-state index in [0.717, 1.165) is 19.5 Å². The van der Waals surface area contributed by atoms with Crippen molar-refractivity contribution < 1.29 is 9.90 Å². The van der Waals surface area contributed by atoms with E-state index in [-0.39, 0.29) is 12.5 Å². The van der Waals surface area contributed by atoms with Gasteiger partial charge in [-0.25, -0.2) is 0 Å². The Morgan fingerprint density at radius 2 is 1.89 bits per heavy atom. The van der Waals surface area contributed by atoms with Crippen molar-refractivity contribution in [2.24, 2.45) is 0 Å². The van der Waals surface area contributed by atoms with Crippen molar-refractivity contribution in [2.45, 2.75) is 46.6 Å². The van der Waals surface area contributed by atoms with E-state index in [2.05, 4.69) is 50.8 Å². The number of carboxylic acids is 1. The molecule has 3 nitrogen and oxygen atoms in total. The molecule has 0 aliphatic carbocycles. The van der Waals surface area contributed by atoms with Gasteiger partial charge in [-0.2, -0.15) is 0 Å². The van der Waals surface area contributed by atoms with Crippen molar-refractivity contribution in [1.82, 2.24) is 4.90 Å². The highest BCUT2D eigenvalue weighted by Crippen LogP contribution is 2.17. The van der Waals surface area contributed by atoms with E-state index in [1.165, 1.54) is 16.7 Å². The van der Waals surface area contributed by atoms with Crippen LogP contribution in [-0.4, -0.2) is 35.1 Å². The minimum atomic E-state index is -0.721. The van der Waals surface area contributed by atoms with Crippen LogP contribution in [0, 0.1) is 13.8 Å². The van der Waals surface area contributed by atoms with Crippen molar-refractivity contribution in [2.75, 3.05) is 13.1 Å². The number of hydrogen-bond acceptors (Lipinski definition) is 2. The predicted octanol–water partition coefficient (Wildman–Crippen LogP) is 3.03. The van der Waals surface area contributed by atoms with Gasteiger partial charge in [-0.3, -0.25) is 4.79 Å². The van der Waals surface area contributed by atoms with E-state index in [4.69, 9.17) is 5.11 Å². The van der Waals surface area contributed by atoms with Gasteiger partial charge in [0.2, 0.25) is 0 Å². The quantitative estimate of drug-likeness (QED) is 0.822. The third kappa shape index (κ3) is 4.67. The molecule has 1 rings (SSSR count). The van der Waals surface area contributed by atoms with Gasteiger partial charge in [-0.05, 0) is 44.5 Å². The molecule has 0 aliphatic heterocycles. The Bertz CT molecular complexity index is 425. The van der Waals surface area contributed by atoms with Gasteiger partial charge < -0.3 is 10.0 Å². The van der Waals surface area contributed by atoms with E-state index in [1.54, 1.807) is 0 Å². The van der Waals surface area contributed by atoms with Crippen molar-refractivity contribution >= 4 is 5.97 Å². The maximum atomic E-state index is 11.0. The molecule has 0 aromatic heterocycles. The van der Waals surface area contributed by atoms with Crippen LogP contribution in [0.15, 0.2) is 18.2 Å². The molecule has 1 aromatic rings. The molecule has 3 heteroatoms. The van der Waals surface area contributed by atoms with Crippen LogP contribution >= 0.6 is 0 Å². The van der Waals surface area contributed by atoms with Crippen LogP contribution in [-0.2, 0) is 11.2 Å². The molecule has 0 saturated carbocycles. The van der Waals surface area contributed by atoms with Gasteiger partial charge in [0.1, 0.15) is 0 Å². The van der Waals surface area contributed by atoms with Gasteiger partial charge in [0.25, 0.3) is 0 Å². The molecule has 19 heavy (non-hydrogen) atoms. The lowest BCUT2D eigenvalue weighted by atomic mass is 9.96. The summed E-state index contributed by atoms with van der Waals surface area (Å²) in [4.78, 5) is 13.3. The van der Waals surface area contributed by atoms with Crippen molar-refractivity contribution in [3.8, 4) is 0 Å². The first-order valence-electron chi connectivity index (χ1n) is 6.99. The Morgan fingerprint density at radius 3 is 2.37 bits per heavy atom. The Kier molecular flexibility index (Phi) is 6.03. The van der Waals surface area contributed by atoms with E-state index < -0.39 is 5.97 Å². The molecule has 1 atom stereocenters. The highest BCUT2D eigenvalue weighted by atomic mass is 16.4. The topological polar surface area (TPSA) is 40.5 Å². The molecule has 106 valence electrons. The molecular weight excluding hydrogens is 238 g/mol. The molecule has 0 aliphatic rings. The number of carbonyl (C=O) groups is 1. The summed E-state index contributed by atoms with van der Waals surface area (Å²) >= 11 is 0. The zero-order valence-electron chi connectivity index (χ0n) is 12.4. The molecule has 1 unspecified atom stereocenters. The minimum Gasteiger partial charge on any atom is -0.481 e. The number of nitrogens with zero attached hydrogens (tertiary/aromatic N) is 1. The van der Waals surface area contributed by atoms with E-state index >= 15 is 0 Å². The van der Waals surface area contributed by atoms with Crippen molar-refractivity contribution in [3.63, 3.8) is 0 Å². The number of aliphatic carboxylic acids is 1. The van der Waals surface area contributed by atoms with Crippen LogP contribution in [0.3, 0.4) is 0 Å². The van der Waals surface area contributed by atoms with Gasteiger partial charge >= 0.3 is 5.97 Å². The first-order chi connectivity index (χ1) is 8.97. The van der Waals surface area contributed by atoms with Crippen LogP contribution in [0.1, 0.15) is 37.0 Å². The number of hydrogen-bond donors (Lipinski definition) is 1. The molecule has 1 N–H and O–H groups in total. The fourth-order valence-electron chi connectivity index (χ4n) is 2.60. The fourth-order valence-corrected chi connectivity index (χ4v) is 2.60. The fraction of sp³-hybridized carbons (Fsp3) is 0.562. The summed E-state index contributed by atoms with van der Waals surface area (Å²) in [6.45, 7) is 10.1. The third-order valence-corrected chi connectivity index (χ3v) is 3.69. The second kappa shape index (κ2) is 7.29. The lowest BCUT2D eigenvalue weighted by Gasteiger charge is -2.29. The van der Waals surface area contributed by atoms with Crippen LogP contribution in [0.2, 0.25) is 0 Å². The average molecular weight is 263 g/mol. The maximum Gasteiger partial charge on any atom is 0.304 e. The van der Waals surface area contributed by atoms with Crippen LogP contribution < -0.4 is 0 Å². The maximum absolute atomic E-state index is 11.0. The average Bonchev–Trinajstić information content (AvgIpc) is 2.33. The Hall–Kier alpha value is -1.35. The molecule has 0 bridgehead atoms. The van der Waals surface area contributed by atoms with E-state index in [0.29, 0.717) is 0 Å². The summed E-state index contributed by atoms with van der Waals surface area (Å²) in [6, 6.07) is 6.47. The van der Waals surface area contributed by atoms with Crippen molar-refractivity contribution in [3.05, 3.63) is 34.9 Å². The number of benzene rings is 1. The van der Waals surface area contributed by atoms with Crippen LogP contribution in [0.5, 0.6) is 0 Å². The SMILES string of the molecule is CCN(CC)C(CC(=O)O)Cc1ccc(C)cc1C. The highest BCUT2D eigenvalue weighted by molar-refractivity contribution is 5.67. The molecule has 0 radical (unpaired) electrons. The summed E-state index contributed by atoms with van der Waals surface area (Å²) in [7, 11) is 0. The molecule has 0 heterocycles. The number of rotatable bonds is 7. The van der Waals surface area contributed by atoms with E-state index in [9.17, 15) is 4.79 Å². The lowest BCUT2D eigenvalue weighted by molar-refractivity contribution is -0.138. The van der Waals surface area contributed by atoms with Gasteiger partial charge in [-0.15, -0.1) is 0 Å². The van der Waals surface area contributed by atoms with Crippen LogP contribution in [0.4, 0.5) is 0 Å². The first kappa shape index (κ1) is 15.7. The Morgan fingerprint density at radius 1 is 1.26 bits per heavy atom. The molecule has 1 aromatic carbocycles. The van der Waals surface area contributed by atoms with Gasteiger partial charge in [0.05, 0.1) is 6.42 Å². The van der Waals surface area contributed by atoms with Crippen molar-refractivity contribution in [1.29, 1.82) is 0 Å². The monoisotopic (exact) mass is 263 g/mol. The van der Waals surface area contributed by atoms with E-state index in [1.807, 2.05) is 0 Å². The van der Waals surface area contributed by atoms with Crippen LogP contribution in [0.25, 0.3) is 0 Å². The molecule has 0 spiro atoms. The smallest absolute Gasteiger partial charge is 0.304 e. The minimum absolute atomic E-state index is 0.0777. The highest BCUT2D eigenvalue weighted by Gasteiger charge is 2.20. The normalized spacial score (nSPS) is 12.7. The second-order valence-electron chi connectivity index (χ2n) is 5.11. The molecule has 0 saturated heterocycles. The van der Waals surface area contributed by atoms with Gasteiger partial charge in [0.15, 0.2) is 0 Å². The summed E-state index contributed by atoms with van der Waals surface area (Å²) in [6.07, 6.45) is 1.01. The van der Waals surface area contributed by atoms with Gasteiger partial charge in [0, 0.05) is 6.04 Å². The zero-order chi connectivity index (χ0) is 14.4. The summed E-state index contributed by atoms with van der Waals surface area (Å²) in [5, 5.41) is 9.09.